The molecule has 0 bridgehead atoms. The first kappa shape index (κ1) is 10.5. The zero-order valence-corrected chi connectivity index (χ0v) is 8.19. The summed E-state index contributed by atoms with van der Waals surface area (Å²) >= 11 is 0. The molecule has 0 radical (unpaired) electrons. The molecule has 0 heterocycles. The van der Waals surface area contributed by atoms with Crippen molar-refractivity contribution in [1.82, 2.24) is 0 Å². The minimum atomic E-state index is -1.39. The van der Waals surface area contributed by atoms with Crippen LogP contribution in [0.3, 0.4) is 0 Å². The number of hydrogen-bond donors (Lipinski definition) is 1. The lowest BCUT2D eigenvalue weighted by molar-refractivity contribution is 0.438. The Morgan fingerprint density at radius 1 is 1.13 bits per heavy atom. The second kappa shape index (κ2) is 3.52. The third-order valence-corrected chi connectivity index (χ3v) is 2.90. The number of rotatable bonds is 3. The summed E-state index contributed by atoms with van der Waals surface area (Å²) in [6, 6.07) is 2.23. The van der Waals surface area contributed by atoms with Crippen LogP contribution in [0.2, 0.25) is 0 Å². The van der Waals surface area contributed by atoms with Crippen molar-refractivity contribution in [2.24, 2.45) is 5.73 Å². The standard InChI is InChI=1S/C11H12F3N/c12-8-2-1-7(9(13)10(8)14)3-4-11(15)5-6-11/h1-2H,3-6,15H2. The number of nitrogens with two attached hydrogens (primary N) is 1. The van der Waals surface area contributed by atoms with E-state index in [9.17, 15) is 13.2 Å². The van der Waals surface area contributed by atoms with Gasteiger partial charge in [-0.1, -0.05) is 6.07 Å². The third-order valence-electron chi connectivity index (χ3n) is 2.90. The van der Waals surface area contributed by atoms with E-state index >= 15 is 0 Å². The van der Waals surface area contributed by atoms with Crippen LogP contribution >= 0.6 is 0 Å². The zero-order chi connectivity index (χ0) is 11.1. The van der Waals surface area contributed by atoms with Gasteiger partial charge in [0.2, 0.25) is 0 Å². The molecule has 0 aliphatic heterocycles. The molecule has 0 unspecified atom stereocenters. The topological polar surface area (TPSA) is 26.0 Å². The summed E-state index contributed by atoms with van der Waals surface area (Å²) in [4.78, 5) is 0. The van der Waals surface area contributed by atoms with Crippen LogP contribution in [0, 0.1) is 17.5 Å². The van der Waals surface area contributed by atoms with E-state index in [1.165, 1.54) is 6.07 Å². The lowest BCUT2D eigenvalue weighted by Crippen LogP contribution is -2.22. The highest BCUT2D eigenvalue weighted by Crippen LogP contribution is 2.36. The summed E-state index contributed by atoms with van der Waals surface area (Å²) in [5.41, 5.74) is 5.82. The summed E-state index contributed by atoms with van der Waals surface area (Å²) < 4.78 is 38.7. The van der Waals surface area contributed by atoms with Crippen LogP contribution in [0.1, 0.15) is 24.8 Å². The highest BCUT2D eigenvalue weighted by Gasteiger charge is 2.37. The van der Waals surface area contributed by atoms with Crippen molar-refractivity contribution >= 4 is 0 Å². The molecule has 15 heavy (non-hydrogen) atoms. The van der Waals surface area contributed by atoms with Gasteiger partial charge in [-0.15, -0.1) is 0 Å². The molecule has 0 saturated heterocycles. The summed E-state index contributed by atoms with van der Waals surface area (Å²) in [5, 5.41) is 0. The van der Waals surface area contributed by atoms with Gasteiger partial charge in [0.25, 0.3) is 0 Å². The van der Waals surface area contributed by atoms with Gasteiger partial charge in [-0.2, -0.15) is 0 Å². The largest absolute Gasteiger partial charge is 0.325 e. The summed E-state index contributed by atoms with van der Waals surface area (Å²) in [6.07, 6.45) is 2.84. The Hall–Kier alpha value is -1.03. The molecule has 1 fully saturated rings. The van der Waals surface area contributed by atoms with Crippen LogP contribution in [0.15, 0.2) is 12.1 Å². The SMILES string of the molecule is NC1(CCc2ccc(F)c(F)c2F)CC1. The Bertz CT molecular complexity index is 386. The molecular formula is C11H12F3N. The maximum Gasteiger partial charge on any atom is 0.194 e. The molecule has 0 aromatic heterocycles. The Labute approximate surface area is 86.1 Å². The van der Waals surface area contributed by atoms with E-state index < -0.39 is 17.5 Å². The van der Waals surface area contributed by atoms with E-state index in [4.69, 9.17) is 5.73 Å². The van der Waals surface area contributed by atoms with E-state index in [-0.39, 0.29) is 11.1 Å². The number of aryl methyl sites for hydroxylation is 1. The van der Waals surface area contributed by atoms with Crippen LogP contribution in [0.25, 0.3) is 0 Å². The maximum absolute atomic E-state index is 13.2. The van der Waals surface area contributed by atoms with Gasteiger partial charge < -0.3 is 5.73 Å². The van der Waals surface area contributed by atoms with Gasteiger partial charge in [-0.05, 0) is 37.3 Å². The van der Waals surface area contributed by atoms with Crippen molar-refractivity contribution in [3.8, 4) is 0 Å². The van der Waals surface area contributed by atoms with Crippen LogP contribution in [0.5, 0.6) is 0 Å². The first-order chi connectivity index (χ1) is 7.02. The minimum Gasteiger partial charge on any atom is -0.325 e. The van der Waals surface area contributed by atoms with E-state index in [0.29, 0.717) is 12.8 Å². The van der Waals surface area contributed by atoms with Crippen molar-refractivity contribution in [2.75, 3.05) is 0 Å². The van der Waals surface area contributed by atoms with Crippen molar-refractivity contribution in [3.05, 3.63) is 35.1 Å². The van der Waals surface area contributed by atoms with Crippen LogP contribution in [0.4, 0.5) is 13.2 Å². The molecule has 0 amide bonds. The molecule has 2 rings (SSSR count). The average molecular weight is 215 g/mol. The van der Waals surface area contributed by atoms with Crippen LogP contribution in [-0.2, 0) is 6.42 Å². The van der Waals surface area contributed by atoms with Crippen LogP contribution in [-0.4, -0.2) is 5.54 Å². The zero-order valence-electron chi connectivity index (χ0n) is 8.19. The minimum absolute atomic E-state index is 0.197. The molecule has 2 N–H and O–H groups in total. The number of hydrogen-bond acceptors (Lipinski definition) is 1. The first-order valence-electron chi connectivity index (χ1n) is 4.93. The maximum atomic E-state index is 13.2. The Morgan fingerprint density at radius 3 is 2.40 bits per heavy atom. The van der Waals surface area contributed by atoms with Gasteiger partial charge >= 0.3 is 0 Å². The summed E-state index contributed by atoms with van der Waals surface area (Å²) in [7, 11) is 0. The molecule has 1 nitrogen and oxygen atoms in total. The van der Waals surface area contributed by atoms with Gasteiger partial charge in [-0.3, -0.25) is 0 Å². The fraction of sp³-hybridized carbons (Fsp3) is 0.455. The molecule has 1 aliphatic carbocycles. The Morgan fingerprint density at radius 2 is 1.80 bits per heavy atom. The summed E-state index contributed by atoms with van der Waals surface area (Å²) in [5.74, 6) is -3.63. The molecule has 1 aromatic carbocycles. The second-order valence-electron chi connectivity index (χ2n) is 4.20. The average Bonchev–Trinajstić information content (AvgIpc) is 2.93. The van der Waals surface area contributed by atoms with E-state index in [2.05, 4.69) is 0 Å². The number of halogens is 3. The molecule has 1 aliphatic rings. The molecule has 4 heteroatoms. The van der Waals surface area contributed by atoms with Gasteiger partial charge in [0, 0.05) is 5.54 Å². The van der Waals surface area contributed by atoms with Crippen molar-refractivity contribution in [3.63, 3.8) is 0 Å². The van der Waals surface area contributed by atoms with Crippen molar-refractivity contribution in [1.29, 1.82) is 0 Å². The Balaban J connectivity index is 2.11. The fourth-order valence-electron chi connectivity index (χ4n) is 1.55. The van der Waals surface area contributed by atoms with Gasteiger partial charge in [0.1, 0.15) is 0 Å². The smallest absolute Gasteiger partial charge is 0.194 e. The molecule has 1 aromatic rings. The summed E-state index contributed by atoms with van der Waals surface area (Å²) in [6.45, 7) is 0. The molecular weight excluding hydrogens is 203 g/mol. The lowest BCUT2D eigenvalue weighted by atomic mass is 10.0. The lowest BCUT2D eigenvalue weighted by Gasteiger charge is -2.09. The quantitative estimate of drug-likeness (QED) is 0.770. The predicted molar refractivity (Wildman–Crippen MR) is 50.8 cm³/mol. The van der Waals surface area contributed by atoms with E-state index in [0.717, 1.165) is 18.9 Å². The third kappa shape index (κ3) is 2.15. The highest BCUT2D eigenvalue weighted by molar-refractivity contribution is 5.21. The molecule has 0 atom stereocenters. The number of benzene rings is 1. The van der Waals surface area contributed by atoms with E-state index in [1.54, 1.807) is 0 Å². The predicted octanol–water partition coefficient (Wildman–Crippen LogP) is 2.53. The van der Waals surface area contributed by atoms with Gasteiger partial charge in [-0.25, -0.2) is 13.2 Å². The monoisotopic (exact) mass is 215 g/mol. The molecule has 82 valence electrons. The normalized spacial score (nSPS) is 17.9. The van der Waals surface area contributed by atoms with Crippen molar-refractivity contribution < 1.29 is 13.2 Å². The first-order valence-corrected chi connectivity index (χ1v) is 4.93. The molecule has 0 spiro atoms. The highest BCUT2D eigenvalue weighted by atomic mass is 19.2. The van der Waals surface area contributed by atoms with Gasteiger partial charge in [0.05, 0.1) is 0 Å². The Kier molecular flexibility index (Phi) is 2.46. The van der Waals surface area contributed by atoms with Crippen molar-refractivity contribution in [2.45, 2.75) is 31.2 Å². The second-order valence-corrected chi connectivity index (χ2v) is 4.20. The van der Waals surface area contributed by atoms with E-state index in [1.807, 2.05) is 0 Å². The molecule has 1 saturated carbocycles. The fourth-order valence-corrected chi connectivity index (χ4v) is 1.55. The van der Waals surface area contributed by atoms with Crippen LogP contribution < -0.4 is 5.73 Å². The van der Waals surface area contributed by atoms with Gasteiger partial charge in [0.15, 0.2) is 17.5 Å².